The highest BCUT2D eigenvalue weighted by atomic mass is 32.2. The van der Waals surface area contributed by atoms with Crippen molar-refractivity contribution in [1.82, 2.24) is 0 Å². The Hall–Kier alpha value is -2.65. The predicted molar refractivity (Wildman–Crippen MR) is 92.5 cm³/mol. The summed E-state index contributed by atoms with van der Waals surface area (Å²) in [5.74, 6) is 0. The van der Waals surface area contributed by atoms with Gasteiger partial charge in [-0.1, -0.05) is 18.2 Å². The lowest BCUT2D eigenvalue weighted by Crippen LogP contribution is -2.16. The highest BCUT2D eigenvalue weighted by Gasteiger charge is 2.17. The molecule has 2 aromatic rings. The molecule has 8 nitrogen and oxygen atoms in total. The Bertz CT molecular complexity index is 809. The molecule has 9 heteroatoms. The number of sulfonamides is 1. The van der Waals surface area contributed by atoms with Gasteiger partial charge in [0, 0.05) is 30.9 Å². The van der Waals surface area contributed by atoms with Crippen LogP contribution in [-0.4, -0.2) is 26.4 Å². The molecule has 2 aromatic carbocycles. The molecule has 24 heavy (non-hydrogen) atoms. The maximum atomic E-state index is 11.6. The zero-order chi connectivity index (χ0) is 17.6. The Morgan fingerprint density at radius 3 is 2.33 bits per heavy atom. The van der Waals surface area contributed by atoms with E-state index < -0.39 is 14.9 Å². The number of nitrogens with one attached hydrogen (secondary N) is 2. The third kappa shape index (κ3) is 4.93. The van der Waals surface area contributed by atoms with E-state index in [9.17, 15) is 18.5 Å². The molecule has 2 rings (SSSR count). The first-order valence-corrected chi connectivity index (χ1v) is 8.76. The van der Waals surface area contributed by atoms with E-state index in [4.69, 9.17) is 5.14 Å². The van der Waals surface area contributed by atoms with Crippen LogP contribution in [0.5, 0.6) is 0 Å². The first-order chi connectivity index (χ1) is 11.4. The van der Waals surface area contributed by atoms with Crippen LogP contribution in [0.4, 0.5) is 17.1 Å². The van der Waals surface area contributed by atoms with Crippen molar-refractivity contribution in [3.8, 4) is 0 Å². The Balaban J connectivity index is 1.97. The summed E-state index contributed by atoms with van der Waals surface area (Å²) >= 11 is 0. The molecule has 0 bridgehead atoms. The zero-order valence-electron chi connectivity index (χ0n) is 12.8. The molecule has 0 atom stereocenters. The maximum Gasteiger partial charge on any atom is 0.271 e. The number of hydrogen-bond acceptors (Lipinski definition) is 6. The molecule has 0 unspecified atom stereocenters. The van der Waals surface area contributed by atoms with Gasteiger partial charge in [-0.3, -0.25) is 10.1 Å². The van der Waals surface area contributed by atoms with Gasteiger partial charge in [-0.15, -0.1) is 0 Å². The van der Waals surface area contributed by atoms with Crippen LogP contribution in [0.3, 0.4) is 0 Å². The van der Waals surface area contributed by atoms with Crippen LogP contribution in [0.2, 0.25) is 0 Å². The number of nitrogens with zero attached hydrogens (tertiary/aromatic N) is 1. The van der Waals surface area contributed by atoms with Crippen molar-refractivity contribution in [3.63, 3.8) is 0 Å². The van der Waals surface area contributed by atoms with E-state index in [0.29, 0.717) is 19.5 Å². The van der Waals surface area contributed by atoms with Crippen molar-refractivity contribution >= 4 is 27.1 Å². The lowest BCUT2D eigenvalue weighted by atomic mass is 10.2. The number of anilines is 2. The van der Waals surface area contributed by atoms with E-state index >= 15 is 0 Å². The third-order valence-corrected chi connectivity index (χ3v) is 4.22. The fourth-order valence-electron chi connectivity index (χ4n) is 2.12. The molecule has 0 aromatic heterocycles. The maximum absolute atomic E-state index is 11.6. The van der Waals surface area contributed by atoms with Gasteiger partial charge in [-0.25, -0.2) is 13.6 Å². The molecule has 0 amide bonds. The third-order valence-electron chi connectivity index (χ3n) is 3.25. The van der Waals surface area contributed by atoms with Crippen molar-refractivity contribution in [2.45, 2.75) is 11.3 Å². The molecule has 0 aliphatic rings. The normalized spacial score (nSPS) is 11.0. The van der Waals surface area contributed by atoms with Crippen molar-refractivity contribution in [1.29, 1.82) is 0 Å². The molecular formula is C15H18N4O4S. The summed E-state index contributed by atoms with van der Waals surface area (Å²) in [6, 6.07) is 13.1. The minimum absolute atomic E-state index is 0.131. The van der Waals surface area contributed by atoms with Gasteiger partial charge in [0.15, 0.2) is 0 Å². The van der Waals surface area contributed by atoms with E-state index in [-0.39, 0.29) is 16.3 Å². The summed E-state index contributed by atoms with van der Waals surface area (Å²) in [5, 5.41) is 22.1. The smallest absolute Gasteiger partial charge is 0.271 e. The van der Waals surface area contributed by atoms with Crippen LogP contribution >= 0.6 is 0 Å². The highest BCUT2D eigenvalue weighted by Crippen LogP contribution is 2.25. The summed E-state index contributed by atoms with van der Waals surface area (Å²) in [5.41, 5.74) is 0.914. The highest BCUT2D eigenvalue weighted by molar-refractivity contribution is 7.89. The SMILES string of the molecule is NS(=O)(=O)c1ccc([N+](=O)[O-])cc1NCCCNc1ccccc1. The minimum Gasteiger partial charge on any atom is -0.385 e. The number of rotatable bonds is 8. The average Bonchev–Trinajstić information content (AvgIpc) is 2.54. The fraction of sp³-hybridized carbons (Fsp3) is 0.200. The number of nitrogens with two attached hydrogens (primary N) is 1. The lowest BCUT2D eigenvalue weighted by molar-refractivity contribution is -0.384. The fourth-order valence-corrected chi connectivity index (χ4v) is 2.81. The largest absolute Gasteiger partial charge is 0.385 e. The van der Waals surface area contributed by atoms with Crippen LogP contribution in [0.15, 0.2) is 53.4 Å². The Morgan fingerprint density at radius 1 is 1.04 bits per heavy atom. The number of benzene rings is 2. The Morgan fingerprint density at radius 2 is 1.71 bits per heavy atom. The molecule has 0 radical (unpaired) electrons. The van der Waals surface area contributed by atoms with Crippen LogP contribution in [-0.2, 0) is 10.0 Å². The van der Waals surface area contributed by atoms with Crippen molar-refractivity contribution in [2.75, 3.05) is 23.7 Å². The van der Waals surface area contributed by atoms with E-state index in [1.165, 1.54) is 6.07 Å². The Labute approximate surface area is 139 Å². The lowest BCUT2D eigenvalue weighted by Gasteiger charge is -2.11. The second-order valence-electron chi connectivity index (χ2n) is 5.06. The minimum atomic E-state index is -3.96. The second-order valence-corrected chi connectivity index (χ2v) is 6.59. The molecular weight excluding hydrogens is 332 g/mol. The van der Waals surface area contributed by atoms with Gasteiger partial charge < -0.3 is 10.6 Å². The van der Waals surface area contributed by atoms with Gasteiger partial charge in [-0.2, -0.15) is 0 Å². The number of para-hydroxylation sites is 1. The van der Waals surface area contributed by atoms with Crippen molar-refractivity contribution in [3.05, 3.63) is 58.6 Å². The van der Waals surface area contributed by atoms with Crippen molar-refractivity contribution < 1.29 is 13.3 Å². The first kappa shape index (κ1) is 17.7. The van der Waals surface area contributed by atoms with Crippen LogP contribution < -0.4 is 15.8 Å². The van der Waals surface area contributed by atoms with E-state index in [1.54, 1.807) is 0 Å². The van der Waals surface area contributed by atoms with Gasteiger partial charge >= 0.3 is 0 Å². The summed E-state index contributed by atoms with van der Waals surface area (Å²) in [7, 11) is -3.96. The number of hydrogen-bond donors (Lipinski definition) is 3. The van der Waals surface area contributed by atoms with Crippen LogP contribution in [0.25, 0.3) is 0 Å². The summed E-state index contributed by atoms with van der Waals surface area (Å²) in [4.78, 5) is 10.1. The van der Waals surface area contributed by atoms with Crippen LogP contribution in [0.1, 0.15) is 6.42 Å². The molecule has 0 heterocycles. The number of nitro groups is 1. The standard InChI is InChI=1S/C15H18N4O4S/c16-24(22,23)15-8-7-13(19(20)21)11-14(15)18-10-4-9-17-12-5-2-1-3-6-12/h1-3,5-8,11,17-18H,4,9-10H2,(H2,16,22,23). The summed E-state index contributed by atoms with van der Waals surface area (Å²) in [6.45, 7) is 1.10. The van der Waals surface area contributed by atoms with Crippen LogP contribution in [0, 0.1) is 10.1 Å². The van der Waals surface area contributed by atoms with Crippen molar-refractivity contribution in [2.24, 2.45) is 5.14 Å². The molecule has 128 valence electrons. The molecule has 0 fully saturated rings. The molecule has 4 N–H and O–H groups in total. The van der Waals surface area contributed by atoms with Gasteiger partial charge in [0.1, 0.15) is 4.90 Å². The quantitative estimate of drug-likeness (QED) is 0.380. The molecule has 0 aliphatic carbocycles. The monoisotopic (exact) mass is 350 g/mol. The number of primary sulfonamides is 1. The second kappa shape index (κ2) is 7.75. The van der Waals surface area contributed by atoms with Gasteiger partial charge in [0.05, 0.1) is 10.6 Å². The summed E-state index contributed by atoms with van der Waals surface area (Å²) < 4.78 is 23.1. The molecule has 0 spiro atoms. The Kier molecular flexibility index (Phi) is 5.72. The molecule has 0 aliphatic heterocycles. The number of non-ortho nitro benzene ring substituents is 1. The van der Waals surface area contributed by atoms with Gasteiger partial charge in [-0.05, 0) is 24.6 Å². The topological polar surface area (TPSA) is 127 Å². The van der Waals surface area contributed by atoms with E-state index in [0.717, 1.165) is 17.8 Å². The summed E-state index contributed by atoms with van der Waals surface area (Å²) in [6.07, 6.45) is 0.682. The van der Waals surface area contributed by atoms with E-state index in [2.05, 4.69) is 10.6 Å². The van der Waals surface area contributed by atoms with Gasteiger partial charge in [0.25, 0.3) is 5.69 Å². The molecule has 0 saturated heterocycles. The van der Waals surface area contributed by atoms with Gasteiger partial charge in [0.2, 0.25) is 10.0 Å². The first-order valence-electron chi connectivity index (χ1n) is 7.22. The number of nitro benzene ring substituents is 1. The molecule has 0 saturated carbocycles. The zero-order valence-corrected chi connectivity index (χ0v) is 13.6. The van der Waals surface area contributed by atoms with E-state index in [1.807, 2.05) is 30.3 Å². The predicted octanol–water partition coefficient (Wildman–Crippen LogP) is 2.16. The average molecular weight is 350 g/mol.